The average molecular weight is 303 g/mol. The summed E-state index contributed by atoms with van der Waals surface area (Å²) in [6.45, 7) is 3.64. The Morgan fingerprint density at radius 1 is 1.40 bits per heavy atom. The summed E-state index contributed by atoms with van der Waals surface area (Å²) in [6, 6.07) is 5.11. The molecule has 20 heavy (non-hydrogen) atoms. The second-order valence-electron chi connectivity index (χ2n) is 5.24. The summed E-state index contributed by atoms with van der Waals surface area (Å²) >= 11 is 1.79. The second kappa shape index (κ2) is 6.18. The number of benzene rings is 1. The van der Waals surface area contributed by atoms with Crippen LogP contribution in [-0.4, -0.2) is 24.5 Å². The Hall–Kier alpha value is -1.01. The third-order valence-electron chi connectivity index (χ3n) is 2.92. The molecule has 1 aliphatic heterocycles. The van der Waals surface area contributed by atoms with E-state index >= 15 is 0 Å². The van der Waals surface area contributed by atoms with Crippen LogP contribution in [0.5, 0.6) is 11.5 Å². The van der Waals surface area contributed by atoms with Gasteiger partial charge in [-0.3, -0.25) is 5.32 Å². The molecule has 0 amide bonds. The summed E-state index contributed by atoms with van der Waals surface area (Å²) in [7, 11) is 0. The van der Waals surface area contributed by atoms with Crippen LogP contribution in [0.3, 0.4) is 0 Å². The molecule has 6 heteroatoms. The SMILES string of the molecule is CCOc1cc(C2NC(C)(C)CS2)ccc1OC(F)F. The predicted octanol–water partition coefficient (Wildman–Crippen LogP) is 3.80. The molecule has 0 radical (unpaired) electrons. The highest BCUT2D eigenvalue weighted by Gasteiger charge is 2.31. The monoisotopic (exact) mass is 303 g/mol. The van der Waals surface area contributed by atoms with Gasteiger partial charge >= 0.3 is 6.61 Å². The molecule has 1 aromatic rings. The zero-order valence-electron chi connectivity index (χ0n) is 11.8. The van der Waals surface area contributed by atoms with E-state index in [1.165, 1.54) is 0 Å². The van der Waals surface area contributed by atoms with Crippen molar-refractivity contribution in [3.8, 4) is 11.5 Å². The smallest absolute Gasteiger partial charge is 0.387 e. The molecule has 1 unspecified atom stereocenters. The zero-order chi connectivity index (χ0) is 14.8. The van der Waals surface area contributed by atoms with Gasteiger partial charge in [-0.05, 0) is 38.5 Å². The summed E-state index contributed by atoms with van der Waals surface area (Å²) in [5.74, 6) is 1.43. The quantitative estimate of drug-likeness (QED) is 0.896. The molecule has 0 aliphatic carbocycles. The lowest BCUT2D eigenvalue weighted by Gasteiger charge is -2.20. The standard InChI is InChI=1S/C14H19F2NO2S/c1-4-18-11-7-9(5-6-10(11)19-13(15)16)12-17-14(2,3)8-20-12/h5-7,12-13,17H,4,8H2,1-3H3. The molecule has 1 aromatic carbocycles. The maximum atomic E-state index is 12.3. The van der Waals surface area contributed by atoms with E-state index < -0.39 is 6.61 Å². The first-order valence-corrected chi connectivity index (χ1v) is 7.57. The van der Waals surface area contributed by atoms with Crippen molar-refractivity contribution in [1.29, 1.82) is 0 Å². The van der Waals surface area contributed by atoms with Gasteiger partial charge in [-0.15, -0.1) is 11.8 Å². The Kier molecular flexibility index (Phi) is 4.75. The van der Waals surface area contributed by atoms with E-state index in [2.05, 4.69) is 23.9 Å². The molecule has 0 bridgehead atoms. The van der Waals surface area contributed by atoms with Crippen molar-refractivity contribution in [2.24, 2.45) is 0 Å². The van der Waals surface area contributed by atoms with Gasteiger partial charge in [0.25, 0.3) is 0 Å². The normalized spacial score (nSPS) is 21.2. The first kappa shape index (κ1) is 15.4. The number of halogens is 2. The first-order valence-electron chi connectivity index (χ1n) is 6.52. The fourth-order valence-corrected chi connectivity index (χ4v) is 3.47. The lowest BCUT2D eigenvalue weighted by atomic mass is 10.1. The number of hydrogen-bond donors (Lipinski definition) is 1. The third-order valence-corrected chi connectivity index (χ3v) is 4.53. The topological polar surface area (TPSA) is 30.5 Å². The number of rotatable bonds is 5. The molecule has 3 nitrogen and oxygen atoms in total. The van der Waals surface area contributed by atoms with Crippen LogP contribution in [0.2, 0.25) is 0 Å². The molecule has 1 N–H and O–H groups in total. The lowest BCUT2D eigenvalue weighted by molar-refractivity contribution is -0.0514. The molecule has 0 saturated carbocycles. The molecule has 1 aliphatic rings. The van der Waals surface area contributed by atoms with Crippen LogP contribution in [0.1, 0.15) is 31.7 Å². The highest BCUT2D eigenvalue weighted by Crippen LogP contribution is 2.40. The molecule has 0 spiro atoms. The Labute approximate surface area is 122 Å². The van der Waals surface area contributed by atoms with E-state index in [-0.39, 0.29) is 16.7 Å². The van der Waals surface area contributed by atoms with Gasteiger partial charge in [0.05, 0.1) is 12.0 Å². The van der Waals surface area contributed by atoms with Gasteiger partial charge < -0.3 is 9.47 Å². The van der Waals surface area contributed by atoms with Crippen molar-refractivity contribution in [2.75, 3.05) is 12.4 Å². The lowest BCUT2D eigenvalue weighted by Crippen LogP contribution is -2.35. The minimum Gasteiger partial charge on any atom is -0.490 e. The highest BCUT2D eigenvalue weighted by atomic mass is 32.2. The minimum atomic E-state index is -2.85. The van der Waals surface area contributed by atoms with Gasteiger partial charge in [0, 0.05) is 11.3 Å². The Balaban J connectivity index is 2.21. The summed E-state index contributed by atoms with van der Waals surface area (Å²) in [5.41, 5.74) is 1.07. The van der Waals surface area contributed by atoms with Crippen LogP contribution < -0.4 is 14.8 Å². The van der Waals surface area contributed by atoms with Crippen molar-refractivity contribution in [1.82, 2.24) is 5.32 Å². The minimum absolute atomic E-state index is 0.0687. The van der Waals surface area contributed by atoms with Crippen molar-refractivity contribution in [3.63, 3.8) is 0 Å². The van der Waals surface area contributed by atoms with Crippen LogP contribution in [-0.2, 0) is 0 Å². The second-order valence-corrected chi connectivity index (χ2v) is 6.33. The highest BCUT2D eigenvalue weighted by molar-refractivity contribution is 7.99. The molecule has 1 fully saturated rings. The van der Waals surface area contributed by atoms with E-state index in [4.69, 9.17) is 4.74 Å². The van der Waals surface area contributed by atoms with Crippen LogP contribution >= 0.6 is 11.8 Å². The summed E-state index contributed by atoms with van der Waals surface area (Å²) < 4.78 is 34.6. The number of ether oxygens (including phenoxy) is 2. The van der Waals surface area contributed by atoms with E-state index in [0.717, 1.165) is 11.3 Å². The fraction of sp³-hybridized carbons (Fsp3) is 0.571. The van der Waals surface area contributed by atoms with Gasteiger partial charge in [0.1, 0.15) is 0 Å². The van der Waals surface area contributed by atoms with Crippen LogP contribution in [0, 0.1) is 0 Å². The Morgan fingerprint density at radius 2 is 2.15 bits per heavy atom. The maximum Gasteiger partial charge on any atom is 0.387 e. The first-order chi connectivity index (χ1) is 9.41. The number of nitrogens with one attached hydrogen (secondary N) is 1. The Bertz CT molecular complexity index is 468. The van der Waals surface area contributed by atoms with Gasteiger partial charge in [-0.25, -0.2) is 0 Å². The summed E-state index contributed by atoms with van der Waals surface area (Å²) in [5, 5.41) is 3.64. The zero-order valence-corrected chi connectivity index (χ0v) is 12.6. The van der Waals surface area contributed by atoms with Crippen LogP contribution in [0.15, 0.2) is 18.2 Å². The van der Waals surface area contributed by atoms with Gasteiger partial charge in [-0.2, -0.15) is 8.78 Å². The molecule has 1 heterocycles. The molecular formula is C14H19F2NO2S. The summed E-state index contributed by atoms with van der Waals surface area (Å²) in [4.78, 5) is 0. The molecule has 1 atom stereocenters. The third kappa shape index (κ3) is 3.76. The van der Waals surface area contributed by atoms with Crippen molar-refractivity contribution < 1.29 is 18.3 Å². The van der Waals surface area contributed by atoms with Gasteiger partial charge in [0.15, 0.2) is 11.5 Å². The largest absolute Gasteiger partial charge is 0.490 e. The van der Waals surface area contributed by atoms with Crippen molar-refractivity contribution in [3.05, 3.63) is 23.8 Å². The molecule has 0 aromatic heterocycles. The summed E-state index contributed by atoms with van der Waals surface area (Å²) in [6.07, 6.45) is 0. The van der Waals surface area contributed by atoms with Gasteiger partial charge in [-0.1, -0.05) is 6.07 Å². The van der Waals surface area contributed by atoms with Crippen molar-refractivity contribution in [2.45, 2.75) is 38.3 Å². The Morgan fingerprint density at radius 3 is 2.70 bits per heavy atom. The van der Waals surface area contributed by atoms with E-state index in [1.54, 1.807) is 30.0 Å². The van der Waals surface area contributed by atoms with E-state index in [1.807, 2.05) is 6.92 Å². The van der Waals surface area contributed by atoms with E-state index in [9.17, 15) is 8.78 Å². The van der Waals surface area contributed by atoms with Crippen molar-refractivity contribution >= 4 is 11.8 Å². The van der Waals surface area contributed by atoms with E-state index in [0.29, 0.717) is 12.4 Å². The maximum absolute atomic E-state index is 12.3. The molecular weight excluding hydrogens is 284 g/mol. The average Bonchev–Trinajstić information content (AvgIpc) is 2.71. The van der Waals surface area contributed by atoms with Crippen LogP contribution in [0.4, 0.5) is 8.78 Å². The van der Waals surface area contributed by atoms with Gasteiger partial charge in [0.2, 0.25) is 0 Å². The fourth-order valence-electron chi connectivity index (χ4n) is 2.06. The van der Waals surface area contributed by atoms with Crippen LogP contribution in [0.25, 0.3) is 0 Å². The molecule has 2 rings (SSSR count). The number of hydrogen-bond acceptors (Lipinski definition) is 4. The predicted molar refractivity (Wildman–Crippen MR) is 76.7 cm³/mol. The molecule has 1 saturated heterocycles. The number of thioether (sulfide) groups is 1. The number of alkyl halides is 2. The molecule has 112 valence electrons.